The normalized spacial score (nSPS) is 28.8. The summed E-state index contributed by atoms with van der Waals surface area (Å²) < 4.78 is 0. The quantitative estimate of drug-likeness (QED) is 0.822. The highest BCUT2D eigenvalue weighted by molar-refractivity contribution is 5.77. The number of hydrogen-bond donors (Lipinski definition) is 1. The van der Waals surface area contributed by atoms with E-state index < -0.39 is 5.97 Å². The molecule has 1 aromatic carbocycles. The molecule has 0 aromatic heterocycles. The fourth-order valence-electron chi connectivity index (χ4n) is 2.43. The van der Waals surface area contributed by atoms with Crippen LogP contribution in [0.5, 0.6) is 0 Å². The lowest BCUT2D eigenvalue weighted by atomic mass is 9.90. The van der Waals surface area contributed by atoms with Crippen LogP contribution < -0.4 is 0 Å². The van der Waals surface area contributed by atoms with Gasteiger partial charge in [-0.05, 0) is 25.3 Å². The molecular formula is C13H16O2. The molecule has 2 nitrogen and oxygen atoms in total. The van der Waals surface area contributed by atoms with Gasteiger partial charge in [0, 0.05) is 5.41 Å². The number of carboxylic acid groups (broad SMARTS) is 1. The fraction of sp³-hybridized carbons (Fsp3) is 0.462. The van der Waals surface area contributed by atoms with Crippen LogP contribution >= 0.6 is 0 Å². The van der Waals surface area contributed by atoms with Crippen LogP contribution in [0.4, 0.5) is 0 Å². The largest absolute Gasteiger partial charge is 0.481 e. The summed E-state index contributed by atoms with van der Waals surface area (Å²) in [5.74, 6) is -0.831. The average molecular weight is 204 g/mol. The van der Waals surface area contributed by atoms with Crippen LogP contribution in [0.2, 0.25) is 0 Å². The second-order valence-corrected chi connectivity index (χ2v) is 4.47. The lowest BCUT2D eigenvalue weighted by Crippen LogP contribution is -2.13. The third-order valence-electron chi connectivity index (χ3n) is 3.63. The van der Waals surface area contributed by atoms with Gasteiger partial charge in [-0.3, -0.25) is 4.79 Å². The predicted octanol–water partition coefficient (Wildman–Crippen LogP) is 2.75. The molecule has 2 heteroatoms. The molecule has 80 valence electrons. The van der Waals surface area contributed by atoms with Gasteiger partial charge in [0.05, 0.1) is 5.92 Å². The Bertz CT molecular complexity index is 380. The maximum absolute atomic E-state index is 11.0. The molecule has 1 N–H and O–H groups in total. The van der Waals surface area contributed by atoms with Crippen LogP contribution in [0.15, 0.2) is 24.3 Å². The van der Waals surface area contributed by atoms with Gasteiger partial charge in [-0.2, -0.15) is 0 Å². The van der Waals surface area contributed by atoms with Crippen molar-refractivity contribution >= 4 is 5.97 Å². The summed E-state index contributed by atoms with van der Waals surface area (Å²) in [5, 5.41) is 9.04. The Morgan fingerprint density at radius 2 is 2.07 bits per heavy atom. The molecule has 0 amide bonds. The number of aryl methyl sites for hydroxylation is 1. The summed E-state index contributed by atoms with van der Waals surface area (Å²) in [6.07, 6.45) is 1.70. The smallest absolute Gasteiger partial charge is 0.307 e. The molecule has 1 aliphatic rings. The Morgan fingerprint density at radius 1 is 1.47 bits per heavy atom. The topological polar surface area (TPSA) is 37.3 Å². The predicted molar refractivity (Wildman–Crippen MR) is 58.9 cm³/mol. The van der Waals surface area contributed by atoms with Gasteiger partial charge >= 0.3 is 5.97 Å². The first kappa shape index (κ1) is 10.2. The molecule has 15 heavy (non-hydrogen) atoms. The maximum Gasteiger partial charge on any atom is 0.307 e. The van der Waals surface area contributed by atoms with E-state index in [1.807, 2.05) is 6.92 Å². The Kier molecular flexibility index (Phi) is 2.29. The summed E-state index contributed by atoms with van der Waals surface area (Å²) in [4.78, 5) is 11.0. The fourth-order valence-corrected chi connectivity index (χ4v) is 2.43. The molecule has 0 heterocycles. The minimum Gasteiger partial charge on any atom is -0.481 e. The number of rotatable bonds is 3. The molecule has 0 aliphatic heterocycles. The molecule has 1 saturated carbocycles. The highest BCUT2D eigenvalue weighted by Gasteiger charge is 2.58. The zero-order valence-corrected chi connectivity index (χ0v) is 9.16. The Hall–Kier alpha value is -1.31. The van der Waals surface area contributed by atoms with Gasteiger partial charge in [0.25, 0.3) is 0 Å². The first-order valence-electron chi connectivity index (χ1n) is 5.40. The van der Waals surface area contributed by atoms with E-state index in [1.165, 1.54) is 11.1 Å². The van der Waals surface area contributed by atoms with Crippen LogP contribution in [-0.4, -0.2) is 11.1 Å². The molecule has 2 atom stereocenters. The standard InChI is InChI=1S/C13H16O2/c1-3-13(8-11(13)12(14)15)10-6-4-9(2)5-7-10/h4-7,11H,3,8H2,1-2H3,(H,14,15). The third kappa shape index (κ3) is 1.54. The SMILES string of the molecule is CCC1(c2ccc(C)cc2)CC1C(=O)O. The monoisotopic (exact) mass is 204 g/mol. The van der Waals surface area contributed by atoms with Crippen LogP contribution in [0.3, 0.4) is 0 Å². The lowest BCUT2D eigenvalue weighted by molar-refractivity contribution is -0.139. The van der Waals surface area contributed by atoms with Crippen molar-refractivity contribution in [3.8, 4) is 0 Å². The molecule has 1 aliphatic carbocycles. The van der Waals surface area contributed by atoms with Crippen LogP contribution in [0, 0.1) is 12.8 Å². The van der Waals surface area contributed by atoms with Crippen molar-refractivity contribution in [2.45, 2.75) is 32.1 Å². The number of benzene rings is 1. The summed E-state index contributed by atoms with van der Waals surface area (Å²) in [6, 6.07) is 8.26. The van der Waals surface area contributed by atoms with E-state index in [0.717, 1.165) is 12.8 Å². The van der Waals surface area contributed by atoms with E-state index in [9.17, 15) is 4.79 Å². The van der Waals surface area contributed by atoms with E-state index in [2.05, 4.69) is 31.2 Å². The van der Waals surface area contributed by atoms with Crippen molar-refractivity contribution < 1.29 is 9.90 Å². The van der Waals surface area contributed by atoms with E-state index in [0.29, 0.717) is 0 Å². The molecule has 0 spiro atoms. The van der Waals surface area contributed by atoms with Gasteiger partial charge in [-0.15, -0.1) is 0 Å². The van der Waals surface area contributed by atoms with Crippen molar-refractivity contribution in [1.82, 2.24) is 0 Å². The molecule has 1 fully saturated rings. The first-order chi connectivity index (χ1) is 7.10. The Labute approximate surface area is 89.9 Å². The van der Waals surface area contributed by atoms with Gasteiger partial charge in [-0.1, -0.05) is 36.8 Å². The third-order valence-corrected chi connectivity index (χ3v) is 3.63. The van der Waals surface area contributed by atoms with Gasteiger partial charge in [0.1, 0.15) is 0 Å². The number of aliphatic carboxylic acids is 1. The second-order valence-electron chi connectivity index (χ2n) is 4.47. The molecule has 2 rings (SSSR count). The van der Waals surface area contributed by atoms with E-state index in [4.69, 9.17) is 5.11 Å². The average Bonchev–Trinajstić information content (AvgIpc) is 2.95. The molecule has 0 radical (unpaired) electrons. The van der Waals surface area contributed by atoms with Crippen LogP contribution in [-0.2, 0) is 10.2 Å². The maximum atomic E-state index is 11.0. The molecule has 0 bridgehead atoms. The van der Waals surface area contributed by atoms with Gasteiger partial charge in [0.15, 0.2) is 0 Å². The van der Waals surface area contributed by atoms with E-state index >= 15 is 0 Å². The van der Waals surface area contributed by atoms with Crippen LogP contribution in [0.1, 0.15) is 30.9 Å². The first-order valence-corrected chi connectivity index (χ1v) is 5.40. The van der Waals surface area contributed by atoms with Crippen molar-refractivity contribution in [3.05, 3.63) is 35.4 Å². The van der Waals surface area contributed by atoms with Crippen LogP contribution in [0.25, 0.3) is 0 Å². The zero-order chi connectivity index (χ0) is 11.1. The van der Waals surface area contributed by atoms with Crippen molar-refractivity contribution in [1.29, 1.82) is 0 Å². The molecular weight excluding hydrogens is 188 g/mol. The number of carboxylic acids is 1. The molecule has 2 unspecified atom stereocenters. The minimum atomic E-state index is -0.655. The van der Waals surface area contributed by atoms with Gasteiger partial charge in [-0.25, -0.2) is 0 Å². The summed E-state index contributed by atoms with van der Waals surface area (Å²) in [5.41, 5.74) is 2.32. The molecule has 1 aromatic rings. The summed E-state index contributed by atoms with van der Waals surface area (Å²) in [6.45, 7) is 4.12. The second kappa shape index (κ2) is 3.37. The Balaban J connectivity index is 2.30. The number of hydrogen-bond acceptors (Lipinski definition) is 1. The minimum absolute atomic E-state index is 0.0838. The van der Waals surface area contributed by atoms with Gasteiger partial charge < -0.3 is 5.11 Å². The highest BCUT2D eigenvalue weighted by atomic mass is 16.4. The van der Waals surface area contributed by atoms with E-state index in [-0.39, 0.29) is 11.3 Å². The van der Waals surface area contributed by atoms with Crippen molar-refractivity contribution in [2.75, 3.05) is 0 Å². The lowest BCUT2D eigenvalue weighted by Gasteiger charge is -2.14. The van der Waals surface area contributed by atoms with E-state index in [1.54, 1.807) is 0 Å². The molecule has 0 saturated heterocycles. The Morgan fingerprint density at radius 3 is 2.47 bits per heavy atom. The van der Waals surface area contributed by atoms with Crippen molar-refractivity contribution in [2.24, 2.45) is 5.92 Å². The summed E-state index contributed by atoms with van der Waals surface area (Å²) in [7, 11) is 0. The zero-order valence-electron chi connectivity index (χ0n) is 9.16. The number of carbonyl (C=O) groups is 1. The highest BCUT2D eigenvalue weighted by Crippen LogP contribution is 2.56. The van der Waals surface area contributed by atoms with Gasteiger partial charge in [0.2, 0.25) is 0 Å². The summed E-state index contributed by atoms with van der Waals surface area (Å²) >= 11 is 0. The van der Waals surface area contributed by atoms with Crippen molar-refractivity contribution in [3.63, 3.8) is 0 Å².